The molecule has 26 heavy (non-hydrogen) atoms. The number of aliphatic hydroxyl groups excluding tert-OH is 1. The predicted molar refractivity (Wildman–Crippen MR) is 94.7 cm³/mol. The predicted octanol–water partition coefficient (Wildman–Crippen LogP) is 1.40. The number of hydrogen-bond donors (Lipinski definition) is 2. The van der Waals surface area contributed by atoms with Crippen LogP contribution in [0.1, 0.15) is 48.9 Å². The minimum atomic E-state index is -3.77. The van der Waals surface area contributed by atoms with Crippen molar-refractivity contribution in [2.24, 2.45) is 0 Å². The molecule has 0 bridgehead atoms. The van der Waals surface area contributed by atoms with Gasteiger partial charge in [0.05, 0.1) is 17.1 Å². The molecule has 3 rings (SSSR count). The van der Waals surface area contributed by atoms with Gasteiger partial charge in [-0.05, 0) is 56.7 Å². The van der Waals surface area contributed by atoms with E-state index in [-0.39, 0.29) is 17.0 Å². The molecule has 0 radical (unpaired) electrons. The third kappa shape index (κ3) is 3.75. The molecule has 2 fully saturated rings. The Labute approximate surface area is 153 Å². The van der Waals surface area contributed by atoms with Gasteiger partial charge in [-0.2, -0.15) is 9.57 Å². The lowest BCUT2D eigenvalue weighted by atomic mass is 9.99. The molecule has 8 heteroatoms. The van der Waals surface area contributed by atoms with Crippen molar-refractivity contribution in [2.45, 2.75) is 55.1 Å². The number of carbonyl (C=O) groups is 1. The first kappa shape index (κ1) is 18.8. The molecule has 7 nitrogen and oxygen atoms in total. The van der Waals surface area contributed by atoms with Crippen LogP contribution < -0.4 is 5.32 Å². The Morgan fingerprint density at radius 1 is 1.31 bits per heavy atom. The van der Waals surface area contributed by atoms with Crippen LogP contribution in [-0.2, 0) is 10.0 Å². The Balaban J connectivity index is 1.81. The number of nitrogens with zero attached hydrogens (tertiary/aromatic N) is 2. The maximum atomic E-state index is 12.8. The van der Waals surface area contributed by atoms with Gasteiger partial charge in [0.15, 0.2) is 0 Å². The summed E-state index contributed by atoms with van der Waals surface area (Å²) in [6.45, 7) is 0.420. The van der Waals surface area contributed by atoms with Gasteiger partial charge in [-0.25, -0.2) is 8.42 Å². The van der Waals surface area contributed by atoms with Gasteiger partial charge in [-0.3, -0.25) is 4.79 Å². The van der Waals surface area contributed by atoms with Crippen molar-refractivity contribution in [3.8, 4) is 6.07 Å². The molecule has 2 N–H and O–H groups in total. The van der Waals surface area contributed by atoms with Gasteiger partial charge in [0, 0.05) is 18.7 Å². The van der Waals surface area contributed by atoms with Gasteiger partial charge in [0.2, 0.25) is 10.0 Å². The van der Waals surface area contributed by atoms with E-state index in [1.54, 1.807) is 6.07 Å². The van der Waals surface area contributed by atoms with Crippen LogP contribution in [0.5, 0.6) is 0 Å². The van der Waals surface area contributed by atoms with E-state index in [0.29, 0.717) is 32.2 Å². The van der Waals surface area contributed by atoms with E-state index in [1.165, 1.54) is 22.5 Å². The van der Waals surface area contributed by atoms with E-state index < -0.39 is 27.6 Å². The summed E-state index contributed by atoms with van der Waals surface area (Å²) in [7, 11) is -3.77. The molecular weight excluding hydrogens is 354 g/mol. The molecule has 1 amide bonds. The second-order valence-electron chi connectivity index (χ2n) is 7.04. The number of nitriles is 1. The molecule has 1 heterocycles. The van der Waals surface area contributed by atoms with Crippen LogP contribution in [-0.4, -0.2) is 48.5 Å². The lowest BCUT2D eigenvalue weighted by Gasteiger charge is -2.29. The van der Waals surface area contributed by atoms with Crippen molar-refractivity contribution < 1.29 is 18.3 Å². The number of nitrogens with one attached hydrogen (secondary N) is 1. The highest BCUT2D eigenvalue weighted by Gasteiger charge is 2.36. The van der Waals surface area contributed by atoms with E-state index in [4.69, 9.17) is 0 Å². The number of hydrogen-bond acceptors (Lipinski definition) is 5. The minimum absolute atomic E-state index is 0.0247. The largest absolute Gasteiger partial charge is 0.392 e. The number of amides is 1. The Morgan fingerprint density at radius 2 is 2.04 bits per heavy atom. The second kappa shape index (κ2) is 7.35. The van der Waals surface area contributed by atoms with E-state index in [9.17, 15) is 23.6 Å². The maximum absolute atomic E-state index is 12.8. The van der Waals surface area contributed by atoms with Crippen LogP contribution in [0.25, 0.3) is 0 Å². The van der Waals surface area contributed by atoms with Crippen LogP contribution in [0, 0.1) is 11.3 Å². The normalized spacial score (nSPS) is 23.3. The standard InChI is InChI=1S/C18H23N3O4S/c19-13-18(8-1-2-9-18)20-17(23)14-5-3-7-16(11-14)26(24,25)21-10-4-6-15(22)12-21/h3,5,7,11,15,22H,1-2,4,6,8-10,12H2,(H,20,23)/t15-/m1/s1. The fraction of sp³-hybridized carbons (Fsp3) is 0.556. The number of benzene rings is 1. The van der Waals surface area contributed by atoms with Gasteiger partial charge in [0.1, 0.15) is 5.54 Å². The van der Waals surface area contributed by atoms with Gasteiger partial charge < -0.3 is 10.4 Å². The Hall–Kier alpha value is -1.95. The number of β-amino-alcohol motifs (C(OH)–C–C–N with tert-alkyl or cyclic N) is 1. The van der Waals surface area contributed by atoms with Crippen LogP contribution in [0.15, 0.2) is 29.2 Å². The summed E-state index contributed by atoms with van der Waals surface area (Å²) in [5.41, 5.74) is -0.645. The number of rotatable bonds is 4. The molecule has 1 aromatic rings. The second-order valence-corrected chi connectivity index (χ2v) is 8.98. The Morgan fingerprint density at radius 3 is 2.69 bits per heavy atom. The minimum Gasteiger partial charge on any atom is -0.392 e. The number of piperidine rings is 1. The van der Waals surface area contributed by atoms with Crippen molar-refractivity contribution in [1.82, 2.24) is 9.62 Å². The van der Waals surface area contributed by atoms with Crippen LogP contribution in [0.2, 0.25) is 0 Å². The average Bonchev–Trinajstić information content (AvgIpc) is 3.11. The molecule has 1 aliphatic heterocycles. The molecule has 1 aromatic carbocycles. The topological polar surface area (TPSA) is 110 Å². The molecule has 0 spiro atoms. The van der Waals surface area contributed by atoms with Crippen LogP contribution in [0.3, 0.4) is 0 Å². The van der Waals surface area contributed by atoms with Gasteiger partial charge in [-0.1, -0.05) is 6.07 Å². The first-order valence-electron chi connectivity index (χ1n) is 8.88. The molecule has 1 aliphatic carbocycles. The summed E-state index contributed by atoms with van der Waals surface area (Å²) in [4.78, 5) is 12.6. The van der Waals surface area contributed by atoms with Crippen LogP contribution in [0.4, 0.5) is 0 Å². The number of carbonyl (C=O) groups excluding carboxylic acids is 1. The fourth-order valence-electron chi connectivity index (χ4n) is 3.62. The van der Waals surface area contributed by atoms with E-state index in [2.05, 4.69) is 11.4 Å². The Kier molecular flexibility index (Phi) is 5.32. The van der Waals surface area contributed by atoms with Gasteiger partial charge >= 0.3 is 0 Å². The highest BCUT2D eigenvalue weighted by molar-refractivity contribution is 7.89. The summed E-state index contributed by atoms with van der Waals surface area (Å²) in [5, 5.41) is 21.9. The summed E-state index contributed by atoms with van der Waals surface area (Å²) >= 11 is 0. The van der Waals surface area contributed by atoms with Crippen molar-refractivity contribution in [2.75, 3.05) is 13.1 Å². The highest BCUT2D eigenvalue weighted by atomic mass is 32.2. The first-order valence-corrected chi connectivity index (χ1v) is 10.3. The summed E-state index contributed by atoms with van der Waals surface area (Å²) in [5.74, 6) is -0.441. The summed E-state index contributed by atoms with van der Waals surface area (Å²) < 4.78 is 26.9. The highest BCUT2D eigenvalue weighted by Crippen LogP contribution is 2.29. The first-order chi connectivity index (χ1) is 12.4. The Bertz CT molecular complexity index is 825. The molecule has 1 atom stereocenters. The number of sulfonamides is 1. The van der Waals surface area contributed by atoms with E-state index in [0.717, 1.165) is 12.8 Å². The molecule has 0 aromatic heterocycles. The SMILES string of the molecule is N#CC1(NC(=O)c2cccc(S(=O)(=O)N3CCC[C@@H](O)C3)c2)CCCC1. The van der Waals surface area contributed by atoms with Crippen molar-refractivity contribution >= 4 is 15.9 Å². The zero-order chi connectivity index (χ0) is 18.8. The zero-order valence-corrected chi connectivity index (χ0v) is 15.3. The number of aliphatic hydroxyl groups is 1. The molecule has 0 unspecified atom stereocenters. The molecule has 1 saturated carbocycles. The zero-order valence-electron chi connectivity index (χ0n) is 14.5. The van der Waals surface area contributed by atoms with Crippen molar-refractivity contribution in [3.05, 3.63) is 29.8 Å². The van der Waals surface area contributed by atoms with E-state index >= 15 is 0 Å². The van der Waals surface area contributed by atoms with Crippen molar-refractivity contribution in [3.63, 3.8) is 0 Å². The monoisotopic (exact) mass is 377 g/mol. The molecule has 2 aliphatic rings. The van der Waals surface area contributed by atoms with Crippen LogP contribution >= 0.6 is 0 Å². The summed E-state index contributed by atoms with van der Waals surface area (Å²) in [6, 6.07) is 8.04. The third-order valence-electron chi connectivity index (χ3n) is 5.12. The molecule has 140 valence electrons. The average molecular weight is 377 g/mol. The van der Waals surface area contributed by atoms with Gasteiger partial charge in [-0.15, -0.1) is 0 Å². The molecular formula is C18H23N3O4S. The fourth-order valence-corrected chi connectivity index (χ4v) is 5.18. The summed E-state index contributed by atoms with van der Waals surface area (Å²) in [6.07, 6.45) is 3.52. The lowest BCUT2D eigenvalue weighted by Crippen LogP contribution is -2.45. The third-order valence-corrected chi connectivity index (χ3v) is 6.98. The smallest absolute Gasteiger partial charge is 0.252 e. The van der Waals surface area contributed by atoms with E-state index in [1.807, 2.05) is 0 Å². The van der Waals surface area contributed by atoms with Gasteiger partial charge in [0.25, 0.3) is 5.91 Å². The lowest BCUT2D eigenvalue weighted by molar-refractivity contribution is 0.0920. The molecule has 1 saturated heterocycles. The maximum Gasteiger partial charge on any atom is 0.252 e. The quantitative estimate of drug-likeness (QED) is 0.824. The van der Waals surface area contributed by atoms with Crippen molar-refractivity contribution in [1.29, 1.82) is 5.26 Å².